The highest BCUT2D eigenvalue weighted by Crippen LogP contribution is 2.31. The van der Waals surface area contributed by atoms with Crippen LogP contribution in [-0.4, -0.2) is 95.0 Å². The predicted molar refractivity (Wildman–Crippen MR) is 151 cm³/mol. The fourth-order valence-corrected chi connectivity index (χ4v) is 5.47. The van der Waals surface area contributed by atoms with Crippen molar-refractivity contribution in [3.05, 3.63) is 47.8 Å². The molecule has 2 saturated heterocycles. The lowest BCUT2D eigenvalue weighted by Crippen LogP contribution is -2.49. The number of carbonyl (C=O) groups is 2. The molecule has 5 rings (SSSR count). The number of carbonyl (C=O) groups excluding carboxylic acids is 2. The average molecular weight is 532 g/mol. The number of hydrogen-bond donors (Lipinski definition) is 1. The topological polar surface area (TPSA) is 118 Å². The highest BCUT2D eigenvalue weighted by molar-refractivity contribution is 6.40. The number of anilines is 2. The van der Waals surface area contributed by atoms with Crippen LogP contribution in [0.15, 0.2) is 42.3 Å². The summed E-state index contributed by atoms with van der Waals surface area (Å²) in [6.07, 6.45) is 9.89. The number of pyridine rings is 1. The van der Waals surface area contributed by atoms with Crippen molar-refractivity contribution in [3.63, 3.8) is 0 Å². The van der Waals surface area contributed by atoms with E-state index in [1.807, 2.05) is 13.8 Å². The predicted octanol–water partition coefficient (Wildman–Crippen LogP) is 2.57. The lowest BCUT2D eigenvalue weighted by molar-refractivity contribution is -0.143. The van der Waals surface area contributed by atoms with Crippen molar-refractivity contribution in [2.24, 2.45) is 0 Å². The van der Waals surface area contributed by atoms with Crippen molar-refractivity contribution in [1.29, 1.82) is 0 Å². The van der Waals surface area contributed by atoms with Crippen LogP contribution in [0.2, 0.25) is 0 Å². The summed E-state index contributed by atoms with van der Waals surface area (Å²) < 4.78 is 5.55. The Kier molecular flexibility index (Phi) is 8.33. The average Bonchev–Trinajstić information content (AvgIpc) is 2.97. The summed E-state index contributed by atoms with van der Waals surface area (Å²) in [4.78, 5) is 44.4. The number of likely N-dealkylation sites (tertiary alicyclic amines) is 1. The number of morpholine rings is 1. The van der Waals surface area contributed by atoms with E-state index in [1.54, 1.807) is 17.3 Å². The lowest BCUT2D eigenvalue weighted by Gasteiger charge is -2.39. The fourth-order valence-electron chi connectivity index (χ4n) is 5.47. The zero-order valence-electron chi connectivity index (χ0n) is 22.8. The molecule has 0 aliphatic carbocycles. The molecule has 206 valence electrons. The van der Waals surface area contributed by atoms with Gasteiger partial charge in [0.2, 0.25) is 11.7 Å². The molecular formula is C29H37N7O3. The van der Waals surface area contributed by atoms with Gasteiger partial charge >= 0.3 is 0 Å². The first kappa shape index (κ1) is 27.0. The van der Waals surface area contributed by atoms with E-state index in [-0.39, 0.29) is 11.9 Å². The van der Waals surface area contributed by atoms with E-state index in [0.29, 0.717) is 32.3 Å². The molecule has 0 atom stereocenters. The van der Waals surface area contributed by atoms with Gasteiger partial charge in [0.1, 0.15) is 5.82 Å². The second kappa shape index (κ2) is 12.0. The molecule has 3 aliphatic heterocycles. The number of rotatable bonds is 6. The zero-order valence-corrected chi connectivity index (χ0v) is 22.8. The standard InChI is InChI=1S/C29H37N7O3/c1-20(2)15-26(37)28(38)36-9-5-24(6-10-36)34-7-3-21(4-8-34)22-16-25(23-18-31-29(30)32-19-23)33-27(17-22)35-11-13-39-14-12-35/h3,15-19,24H,4-14H2,1-2H3,(H2,30,31,32). The van der Waals surface area contributed by atoms with Gasteiger partial charge in [0.25, 0.3) is 5.91 Å². The Bertz CT molecular complexity index is 1260. The Morgan fingerprint density at radius 1 is 1.00 bits per heavy atom. The molecule has 10 heteroatoms. The third kappa shape index (κ3) is 6.51. The molecule has 39 heavy (non-hydrogen) atoms. The first-order chi connectivity index (χ1) is 18.9. The smallest absolute Gasteiger partial charge is 0.294 e. The number of piperidine rings is 1. The summed E-state index contributed by atoms with van der Waals surface area (Å²) in [5.41, 5.74) is 10.7. The van der Waals surface area contributed by atoms with E-state index < -0.39 is 5.78 Å². The Balaban J connectivity index is 1.28. The number of hydrogen-bond acceptors (Lipinski definition) is 9. The van der Waals surface area contributed by atoms with Gasteiger partial charge in [-0.25, -0.2) is 15.0 Å². The molecule has 5 heterocycles. The summed E-state index contributed by atoms with van der Waals surface area (Å²) >= 11 is 0. The van der Waals surface area contributed by atoms with Crippen molar-refractivity contribution in [1.82, 2.24) is 24.8 Å². The number of ether oxygens (including phenoxy) is 1. The van der Waals surface area contributed by atoms with Gasteiger partial charge in [0.05, 0.1) is 18.9 Å². The molecule has 2 N–H and O–H groups in total. The van der Waals surface area contributed by atoms with Gasteiger partial charge in [0.15, 0.2) is 0 Å². The van der Waals surface area contributed by atoms with Crippen molar-refractivity contribution < 1.29 is 14.3 Å². The third-order valence-corrected chi connectivity index (χ3v) is 7.62. The van der Waals surface area contributed by atoms with Crippen LogP contribution in [0.1, 0.15) is 38.7 Å². The maximum absolute atomic E-state index is 12.5. The number of ketones is 1. The van der Waals surface area contributed by atoms with Crippen LogP contribution >= 0.6 is 0 Å². The van der Waals surface area contributed by atoms with Gasteiger partial charge in [-0.15, -0.1) is 0 Å². The fraction of sp³-hybridized carbons (Fsp3) is 0.483. The SMILES string of the molecule is CC(C)=CC(=O)C(=O)N1CCC(N2CC=C(c3cc(-c4cnc(N)nc4)nc(N4CCOCC4)c3)CC2)CC1. The number of amides is 1. The number of aromatic nitrogens is 3. The third-order valence-electron chi connectivity index (χ3n) is 7.62. The van der Waals surface area contributed by atoms with E-state index >= 15 is 0 Å². The molecule has 0 spiro atoms. The maximum Gasteiger partial charge on any atom is 0.294 e. The van der Waals surface area contributed by atoms with E-state index in [9.17, 15) is 9.59 Å². The van der Waals surface area contributed by atoms with Gasteiger partial charge in [-0.1, -0.05) is 11.6 Å². The van der Waals surface area contributed by atoms with Crippen LogP contribution in [0.25, 0.3) is 16.8 Å². The Labute approximate surface area is 229 Å². The maximum atomic E-state index is 12.5. The largest absolute Gasteiger partial charge is 0.378 e. The Morgan fingerprint density at radius 2 is 1.72 bits per heavy atom. The van der Waals surface area contributed by atoms with Crippen molar-refractivity contribution in [3.8, 4) is 11.3 Å². The van der Waals surface area contributed by atoms with E-state index in [0.717, 1.165) is 73.7 Å². The van der Waals surface area contributed by atoms with Crippen LogP contribution in [0.5, 0.6) is 0 Å². The van der Waals surface area contributed by atoms with Crippen LogP contribution in [0.3, 0.4) is 0 Å². The van der Waals surface area contributed by atoms with Gasteiger partial charge in [-0.3, -0.25) is 14.5 Å². The second-order valence-corrected chi connectivity index (χ2v) is 10.6. The molecular weight excluding hydrogens is 494 g/mol. The van der Waals surface area contributed by atoms with Crippen LogP contribution in [0, 0.1) is 0 Å². The highest BCUT2D eigenvalue weighted by Gasteiger charge is 2.30. The first-order valence-corrected chi connectivity index (χ1v) is 13.7. The number of nitrogen functional groups attached to an aromatic ring is 1. The molecule has 2 fully saturated rings. The van der Waals surface area contributed by atoms with Gasteiger partial charge < -0.3 is 20.3 Å². The summed E-state index contributed by atoms with van der Waals surface area (Å²) in [6.45, 7) is 9.73. The second-order valence-electron chi connectivity index (χ2n) is 10.6. The van der Waals surface area contributed by atoms with E-state index in [2.05, 4.69) is 38.0 Å². The van der Waals surface area contributed by atoms with E-state index in [4.69, 9.17) is 15.5 Å². The van der Waals surface area contributed by atoms with Crippen LogP contribution < -0.4 is 10.6 Å². The first-order valence-electron chi connectivity index (χ1n) is 13.7. The lowest BCUT2D eigenvalue weighted by atomic mass is 9.95. The van der Waals surface area contributed by atoms with Crippen molar-refractivity contribution >= 4 is 29.0 Å². The molecule has 2 aromatic heterocycles. The molecule has 1 amide bonds. The van der Waals surface area contributed by atoms with Crippen molar-refractivity contribution in [2.45, 2.75) is 39.2 Å². The number of nitrogens with zero attached hydrogens (tertiary/aromatic N) is 6. The van der Waals surface area contributed by atoms with Crippen LogP contribution in [-0.2, 0) is 14.3 Å². The highest BCUT2D eigenvalue weighted by atomic mass is 16.5. The van der Waals surface area contributed by atoms with Gasteiger partial charge in [-0.05, 0) is 62.5 Å². The monoisotopic (exact) mass is 531 g/mol. The summed E-state index contributed by atoms with van der Waals surface area (Å²) in [5.74, 6) is 0.378. The number of nitrogens with two attached hydrogens (primary N) is 1. The van der Waals surface area contributed by atoms with Gasteiger partial charge in [0, 0.05) is 63.3 Å². The molecule has 2 aromatic rings. The molecule has 0 bridgehead atoms. The molecule has 0 saturated carbocycles. The molecule has 0 aromatic carbocycles. The number of allylic oxidation sites excluding steroid dienone is 1. The van der Waals surface area contributed by atoms with E-state index in [1.165, 1.54) is 11.6 Å². The normalized spacial score (nSPS) is 19.0. The Morgan fingerprint density at radius 3 is 2.36 bits per heavy atom. The zero-order chi connectivity index (χ0) is 27.4. The summed E-state index contributed by atoms with van der Waals surface area (Å²) in [7, 11) is 0. The minimum atomic E-state index is -0.419. The minimum absolute atomic E-state index is 0.244. The van der Waals surface area contributed by atoms with Crippen LogP contribution in [0.4, 0.5) is 11.8 Å². The summed E-state index contributed by atoms with van der Waals surface area (Å²) in [6, 6.07) is 4.71. The van der Waals surface area contributed by atoms with Gasteiger partial charge in [-0.2, -0.15) is 0 Å². The molecule has 0 radical (unpaired) electrons. The quantitative estimate of drug-likeness (QED) is 0.443. The molecule has 10 nitrogen and oxygen atoms in total. The van der Waals surface area contributed by atoms with Crippen molar-refractivity contribution in [2.75, 3.05) is 63.1 Å². The Hall–Kier alpha value is -3.63. The minimum Gasteiger partial charge on any atom is -0.378 e. The molecule has 0 unspecified atom stereocenters. The molecule has 3 aliphatic rings. The summed E-state index contributed by atoms with van der Waals surface area (Å²) in [5, 5.41) is 0.